The van der Waals surface area contributed by atoms with Gasteiger partial charge in [0.25, 0.3) is 6.43 Å². The molecular weight excluding hydrogens is 418 g/mol. The van der Waals surface area contributed by atoms with Crippen molar-refractivity contribution < 1.29 is 18.3 Å². The molecule has 2 aliphatic rings. The maximum Gasteiger partial charge on any atom is 0.280 e. The first-order valence-electron chi connectivity index (χ1n) is 10.8. The second kappa shape index (κ2) is 8.84. The normalized spacial score (nSPS) is 22.4. The van der Waals surface area contributed by atoms with E-state index in [2.05, 4.69) is 25.6 Å². The minimum absolute atomic E-state index is 0.0386. The average molecular weight is 447 g/mol. The van der Waals surface area contributed by atoms with E-state index >= 15 is 0 Å². The molecule has 3 heterocycles. The van der Waals surface area contributed by atoms with E-state index in [-0.39, 0.29) is 29.6 Å². The van der Waals surface area contributed by atoms with Crippen LogP contribution in [0.3, 0.4) is 0 Å². The minimum atomic E-state index is -2.58. The van der Waals surface area contributed by atoms with Gasteiger partial charge in [-0.1, -0.05) is 13.8 Å². The van der Waals surface area contributed by atoms with Crippen molar-refractivity contribution in [2.24, 2.45) is 11.8 Å². The van der Waals surface area contributed by atoms with Crippen molar-refractivity contribution in [2.75, 3.05) is 29.2 Å². The molecule has 10 heteroatoms. The summed E-state index contributed by atoms with van der Waals surface area (Å²) in [6.45, 7) is 6.39. The number of ether oxygens (including phenoxy) is 1. The van der Waals surface area contributed by atoms with Crippen molar-refractivity contribution in [1.82, 2.24) is 15.0 Å². The number of aryl methyl sites for hydroxylation is 1. The number of nitrogens with zero attached hydrogens (tertiary/aromatic N) is 4. The number of hydrogen-bond donors (Lipinski definition) is 2. The SMILES string of the molecule is Cc1nc(N[C@H]2C[C@@H](COc3ccc(C(F)F)nc3)C2)nc2c1NC(=O)C(C(C)C)N2C. The summed E-state index contributed by atoms with van der Waals surface area (Å²) in [7, 11) is 1.89. The third-order valence-corrected chi connectivity index (χ3v) is 6.01. The molecule has 0 bridgehead atoms. The number of anilines is 3. The van der Waals surface area contributed by atoms with Crippen LogP contribution in [0.1, 0.15) is 44.5 Å². The molecule has 2 aromatic heterocycles. The lowest BCUT2D eigenvalue weighted by Gasteiger charge is -2.38. The fourth-order valence-electron chi connectivity index (χ4n) is 4.27. The molecule has 0 aromatic carbocycles. The molecule has 2 N–H and O–H groups in total. The van der Waals surface area contributed by atoms with Gasteiger partial charge in [-0.05, 0) is 43.7 Å². The third-order valence-electron chi connectivity index (χ3n) is 6.01. The van der Waals surface area contributed by atoms with E-state index in [1.807, 2.05) is 32.7 Å². The standard InChI is InChI=1S/C22H28F2N6O2/c1-11(2)18-21(31)28-17-12(3)26-22(29-20(17)30(18)4)27-14-7-13(8-14)10-32-15-5-6-16(19(23)24)25-9-15/h5-6,9,11,13-14,18-19H,7-8,10H2,1-4H3,(H,28,31)(H,26,27,29)/t13-,14+,18?. The summed E-state index contributed by atoms with van der Waals surface area (Å²) in [5.74, 6) is 2.22. The van der Waals surface area contributed by atoms with Crippen molar-refractivity contribution in [3.8, 4) is 5.75 Å². The lowest BCUT2D eigenvalue weighted by atomic mass is 9.81. The van der Waals surface area contributed by atoms with Gasteiger partial charge in [-0.25, -0.2) is 13.8 Å². The second-order valence-corrected chi connectivity index (χ2v) is 8.83. The molecule has 0 saturated heterocycles. The van der Waals surface area contributed by atoms with Crippen LogP contribution in [0.2, 0.25) is 0 Å². The van der Waals surface area contributed by atoms with Crippen LogP contribution in [0.5, 0.6) is 5.75 Å². The van der Waals surface area contributed by atoms with Gasteiger partial charge in [-0.2, -0.15) is 4.98 Å². The van der Waals surface area contributed by atoms with Gasteiger partial charge in [0.2, 0.25) is 11.9 Å². The monoisotopic (exact) mass is 446 g/mol. The highest BCUT2D eigenvalue weighted by Crippen LogP contribution is 2.36. The van der Waals surface area contributed by atoms with Crippen molar-refractivity contribution in [1.29, 1.82) is 0 Å². The zero-order valence-corrected chi connectivity index (χ0v) is 18.6. The van der Waals surface area contributed by atoms with Crippen molar-refractivity contribution in [2.45, 2.75) is 52.1 Å². The molecule has 0 spiro atoms. The lowest BCUT2D eigenvalue weighted by Crippen LogP contribution is -2.50. The highest BCUT2D eigenvalue weighted by molar-refractivity contribution is 6.03. The van der Waals surface area contributed by atoms with Gasteiger partial charge < -0.3 is 20.3 Å². The number of amides is 1. The van der Waals surface area contributed by atoms with Gasteiger partial charge in [-0.3, -0.25) is 9.78 Å². The van der Waals surface area contributed by atoms with Crippen LogP contribution in [0.25, 0.3) is 0 Å². The summed E-state index contributed by atoms with van der Waals surface area (Å²) in [6.07, 6.45) is 0.537. The topological polar surface area (TPSA) is 92.3 Å². The Morgan fingerprint density at radius 1 is 1.28 bits per heavy atom. The molecule has 1 amide bonds. The van der Waals surface area contributed by atoms with Crippen LogP contribution in [0.15, 0.2) is 18.3 Å². The van der Waals surface area contributed by atoms with E-state index in [0.717, 1.165) is 24.4 Å². The molecule has 4 rings (SSSR count). The van der Waals surface area contributed by atoms with Gasteiger partial charge in [0, 0.05) is 13.1 Å². The summed E-state index contributed by atoms with van der Waals surface area (Å²) < 4.78 is 30.8. The molecule has 1 fully saturated rings. The first-order valence-corrected chi connectivity index (χ1v) is 10.8. The Hall–Kier alpha value is -3.04. The highest BCUT2D eigenvalue weighted by Gasteiger charge is 2.36. The first-order chi connectivity index (χ1) is 15.2. The van der Waals surface area contributed by atoms with Crippen LogP contribution < -0.4 is 20.3 Å². The van der Waals surface area contributed by atoms with E-state index in [9.17, 15) is 13.6 Å². The number of fused-ring (bicyclic) bond motifs is 1. The predicted molar refractivity (Wildman–Crippen MR) is 117 cm³/mol. The largest absolute Gasteiger partial charge is 0.492 e. The van der Waals surface area contributed by atoms with Crippen molar-refractivity contribution in [3.05, 3.63) is 29.7 Å². The van der Waals surface area contributed by atoms with Gasteiger partial charge in [-0.15, -0.1) is 0 Å². The molecule has 1 atom stereocenters. The molecule has 1 aliphatic heterocycles. The van der Waals surface area contributed by atoms with Gasteiger partial charge >= 0.3 is 0 Å². The fourth-order valence-corrected chi connectivity index (χ4v) is 4.27. The van der Waals surface area contributed by atoms with Gasteiger partial charge in [0.15, 0.2) is 5.82 Å². The third kappa shape index (κ3) is 4.44. The van der Waals surface area contributed by atoms with Crippen LogP contribution in [-0.4, -0.2) is 46.6 Å². The number of carbonyl (C=O) groups excluding carboxylic acids is 1. The Kier molecular flexibility index (Phi) is 6.12. The first kappa shape index (κ1) is 22.2. The number of pyridine rings is 1. The number of hydrogen-bond acceptors (Lipinski definition) is 7. The molecule has 1 saturated carbocycles. The molecule has 0 radical (unpaired) electrons. The highest BCUT2D eigenvalue weighted by atomic mass is 19.3. The van der Waals surface area contributed by atoms with E-state index < -0.39 is 6.43 Å². The van der Waals surface area contributed by atoms with Crippen LogP contribution in [-0.2, 0) is 4.79 Å². The van der Waals surface area contributed by atoms with Crippen LogP contribution in [0, 0.1) is 18.8 Å². The number of carbonyl (C=O) groups is 1. The smallest absolute Gasteiger partial charge is 0.280 e. The molecule has 172 valence electrons. The molecular formula is C22H28F2N6O2. The van der Waals surface area contributed by atoms with E-state index in [1.54, 1.807) is 0 Å². The van der Waals surface area contributed by atoms with Gasteiger partial charge in [0.05, 0.1) is 18.5 Å². The quantitative estimate of drug-likeness (QED) is 0.668. The maximum atomic E-state index is 12.6. The maximum absolute atomic E-state index is 12.6. The predicted octanol–water partition coefficient (Wildman–Crippen LogP) is 3.80. The summed E-state index contributed by atoms with van der Waals surface area (Å²) in [4.78, 5) is 27.3. The van der Waals surface area contributed by atoms with E-state index in [4.69, 9.17) is 4.74 Å². The number of halogens is 2. The number of alkyl halides is 2. The summed E-state index contributed by atoms with van der Waals surface area (Å²) in [6, 6.07) is 2.75. The molecule has 8 nitrogen and oxygen atoms in total. The lowest BCUT2D eigenvalue weighted by molar-refractivity contribution is -0.118. The Morgan fingerprint density at radius 3 is 2.66 bits per heavy atom. The Morgan fingerprint density at radius 2 is 2.03 bits per heavy atom. The van der Waals surface area contributed by atoms with Crippen LogP contribution >= 0.6 is 0 Å². The van der Waals surface area contributed by atoms with Gasteiger partial charge in [0.1, 0.15) is 23.2 Å². The number of likely N-dealkylation sites (N-methyl/N-ethyl adjacent to an activating group) is 1. The van der Waals surface area contributed by atoms with Crippen molar-refractivity contribution >= 4 is 23.4 Å². The number of rotatable bonds is 7. The summed E-state index contributed by atoms with van der Waals surface area (Å²) >= 11 is 0. The minimum Gasteiger partial charge on any atom is -0.492 e. The number of aromatic nitrogens is 3. The second-order valence-electron chi connectivity index (χ2n) is 8.83. The molecule has 1 aliphatic carbocycles. The Bertz CT molecular complexity index is 979. The fraction of sp³-hybridized carbons (Fsp3) is 0.545. The summed E-state index contributed by atoms with van der Waals surface area (Å²) in [5, 5.41) is 6.33. The Balaban J connectivity index is 1.32. The van der Waals surface area contributed by atoms with Crippen molar-refractivity contribution in [3.63, 3.8) is 0 Å². The summed E-state index contributed by atoms with van der Waals surface area (Å²) in [5.41, 5.74) is 1.13. The van der Waals surface area contributed by atoms with E-state index in [1.165, 1.54) is 18.3 Å². The molecule has 1 unspecified atom stereocenters. The average Bonchev–Trinajstić information content (AvgIpc) is 2.70. The van der Waals surface area contributed by atoms with Crippen LogP contribution in [0.4, 0.5) is 26.2 Å². The zero-order valence-electron chi connectivity index (χ0n) is 18.6. The Labute approximate surface area is 185 Å². The zero-order chi connectivity index (χ0) is 23.0. The number of nitrogens with one attached hydrogen (secondary N) is 2. The van der Waals surface area contributed by atoms with E-state index in [0.29, 0.717) is 29.9 Å². The molecule has 32 heavy (non-hydrogen) atoms. The molecule has 2 aromatic rings.